The van der Waals surface area contributed by atoms with E-state index in [1.807, 2.05) is 30.3 Å². The summed E-state index contributed by atoms with van der Waals surface area (Å²) in [4.78, 5) is 37.4. The summed E-state index contributed by atoms with van der Waals surface area (Å²) >= 11 is 0. The second kappa shape index (κ2) is 6.88. The highest BCUT2D eigenvalue weighted by Gasteiger charge is 2.46. The summed E-state index contributed by atoms with van der Waals surface area (Å²) in [6.07, 6.45) is -0.258. The fourth-order valence-electron chi connectivity index (χ4n) is 3.02. The number of carbonyl (C=O) groups excluding carboxylic acids is 3. The summed E-state index contributed by atoms with van der Waals surface area (Å²) in [5.41, 5.74) is 0.872. The van der Waals surface area contributed by atoms with Crippen LogP contribution in [-0.4, -0.2) is 59.2 Å². The summed E-state index contributed by atoms with van der Waals surface area (Å²) in [6, 6.07) is 7.41. The van der Waals surface area contributed by atoms with Crippen molar-refractivity contribution in [3.63, 3.8) is 0 Å². The maximum absolute atomic E-state index is 12.1. The molecule has 0 spiro atoms. The molecule has 3 atom stereocenters. The van der Waals surface area contributed by atoms with Crippen LogP contribution in [0, 0.1) is 0 Å². The van der Waals surface area contributed by atoms with Crippen molar-refractivity contribution in [2.24, 2.45) is 0 Å². The van der Waals surface area contributed by atoms with Gasteiger partial charge in [0.2, 0.25) is 11.8 Å². The smallest absolute Gasteiger partial charge is 0.407 e. The Morgan fingerprint density at radius 2 is 2.08 bits per heavy atom. The first-order chi connectivity index (χ1) is 11.6. The predicted molar refractivity (Wildman–Crippen MR) is 82.7 cm³/mol. The lowest BCUT2D eigenvalue weighted by atomic mass is 10.1. The largest absolute Gasteiger partial charge is 0.445 e. The number of hydrogen-bond acceptors (Lipinski definition) is 5. The second-order valence-corrected chi connectivity index (χ2v) is 5.89. The third-order valence-corrected chi connectivity index (χ3v) is 4.22. The quantitative estimate of drug-likeness (QED) is 0.680. The van der Waals surface area contributed by atoms with Crippen molar-refractivity contribution in [1.82, 2.24) is 15.5 Å². The van der Waals surface area contributed by atoms with E-state index >= 15 is 0 Å². The van der Waals surface area contributed by atoms with Gasteiger partial charge in [-0.2, -0.15) is 0 Å². The fraction of sp³-hybridized carbons (Fsp3) is 0.438. The molecule has 3 amide bonds. The van der Waals surface area contributed by atoms with E-state index in [2.05, 4.69) is 10.6 Å². The highest BCUT2D eigenvalue weighted by atomic mass is 16.5. The van der Waals surface area contributed by atoms with E-state index in [1.165, 1.54) is 4.90 Å². The average Bonchev–Trinajstić information content (AvgIpc) is 3.02. The molecule has 0 aromatic heterocycles. The first kappa shape index (κ1) is 16.3. The van der Waals surface area contributed by atoms with Gasteiger partial charge in [-0.05, 0) is 12.0 Å². The molecule has 0 radical (unpaired) electrons. The van der Waals surface area contributed by atoms with E-state index in [9.17, 15) is 14.4 Å². The summed E-state index contributed by atoms with van der Waals surface area (Å²) in [5, 5.41) is 14.3. The van der Waals surface area contributed by atoms with Crippen LogP contribution in [0.25, 0.3) is 0 Å². The summed E-state index contributed by atoms with van der Waals surface area (Å²) in [7, 11) is 0. The van der Waals surface area contributed by atoms with Gasteiger partial charge in [0.05, 0.1) is 12.6 Å². The van der Waals surface area contributed by atoms with Crippen molar-refractivity contribution in [2.75, 3.05) is 13.2 Å². The number of nitrogens with one attached hydrogen (secondary N) is 2. The lowest BCUT2D eigenvalue weighted by Gasteiger charge is -2.33. The molecule has 3 N–H and O–H groups in total. The number of benzene rings is 1. The first-order valence-corrected chi connectivity index (χ1v) is 7.77. The van der Waals surface area contributed by atoms with Gasteiger partial charge in [-0.25, -0.2) is 4.79 Å². The van der Waals surface area contributed by atoms with Crippen molar-refractivity contribution in [1.29, 1.82) is 0 Å². The lowest BCUT2D eigenvalue weighted by molar-refractivity contribution is -0.148. The van der Waals surface area contributed by atoms with Crippen LogP contribution in [0.2, 0.25) is 0 Å². The molecular formula is C16H19N3O5. The molecule has 3 rings (SSSR count). The Labute approximate surface area is 138 Å². The van der Waals surface area contributed by atoms with Crippen LogP contribution >= 0.6 is 0 Å². The third-order valence-electron chi connectivity index (χ3n) is 4.22. The molecule has 1 aromatic carbocycles. The van der Waals surface area contributed by atoms with Crippen LogP contribution in [0.5, 0.6) is 0 Å². The van der Waals surface area contributed by atoms with Gasteiger partial charge in [-0.3, -0.25) is 9.59 Å². The minimum absolute atomic E-state index is 0.151. The minimum atomic E-state index is -0.905. The minimum Gasteiger partial charge on any atom is -0.445 e. The van der Waals surface area contributed by atoms with Crippen LogP contribution in [0.1, 0.15) is 12.0 Å². The molecule has 8 heteroatoms. The van der Waals surface area contributed by atoms with E-state index in [-0.39, 0.29) is 31.0 Å². The molecule has 0 saturated carbocycles. The number of aliphatic hydroxyl groups excluding tert-OH is 1. The third kappa shape index (κ3) is 3.33. The van der Waals surface area contributed by atoms with Crippen LogP contribution in [-0.2, 0) is 20.9 Å². The molecule has 0 aliphatic carbocycles. The summed E-state index contributed by atoms with van der Waals surface area (Å²) < 4.78 is 5.15. The monoisotopic (exact) mass is 333 g/mol. The Hall–Kier alpha value is -2.61. The molecule has 2 fully saturated rings. The Morgan fingerprint density at radius 3 is 2.79 bits per heavy atom. The molecule has 2 aliphatic rings. The number of hydrogen-bond donors (Lipinski definition) is 3. The number of nitrogens with zero attached hydrogens (tertiary/aromatic N) is 1. The van der Waals surface area contributed by atoms with Crippen LogP contribution < -0.4 is 10.6 Å². The lowest BCUT2D eigenvalue weighted by Crippen LogP contribution is -2.62. The Bertz CT molecular complexity index is 636. The number of rotatable bonds is 4. The van der Waals surface area contributed by atoms with E-state index in [4.69, 9.17) is 9.84 Å². The van der Waals surface area contributed by atoms with E-state index in [0.29, 0.717) is 6.42 Å². The van der Waals surface area contributed by atoms with Gasteiger partial charge in [0, 0.05) is 6.54 Å². The number of fused-ring (bicyclic) bond motifs is 1. The van der Waals surface area contributed by atoms with E-state index in [1.54, 1.807) is 0 Å². The average molecular weight is 333 g/mol. The molecule has 0 unspecified atom stereocenters. The van der Waals surface area contributed by atoms with E-state index in [0.717, 1.165) is 5.56 Å². The number of aliphatic hydroxyl groups is 1. The van der Waals surface area contributed by atoms with Crippen LogP contribution in [0.3, 0.4) is 0 Å². The molecular weight excluding hydrogens is 314 g/mol. The van der Waals surface area contributed by atoms with Gasteiger partial charge in [0.15, 0.2) is 0 Å². The number of ether oxygens (including phenoxy) is 1. The second-order valence-electron chi connectivity index (χ2n) is 5.89. The molecule has 1 aromatic rings. The van der Waals surface area contributed by atoms with Crippen LogP contribution in [0.4, 0.5) is 4.79 Å². The van der Waals surface area contributed by atoms with Gasteiger partial charge in [0.1, 0.15) is 18.7 Å². The van der Waals surface area contributed by atoms with Gasteiger partial charge < -0.3 is 25.4 Å². The maximum atomic E-state index is 12.1. The van der Waals surface area contributed by atoms with Crippen molar-refractivity contribution >= 4 is 17.9 Å². The number of amides is 3. The number of piperazine rings is 1. The van der Waals surface area contributed by atoms with Gasteiger partial charge in [-0.15, -0.1) is 0 Å². The normalized spacial score (nSPS) is 25.9. The summed E-state index contributed by atoms with van der Waals surface area (Å²) in [6.45, 7) is -0.0581. The maximum Gasteiger partial charge on any atom is 0.407 e. The summed E-state index contributed by atoms with van der Waals surface area (Å²) in [5.74, 6) is -0.639. The van der Waals surface area contributed by atoms with Crippen molar-refractivity contribution < 1.29 is 24.2 Å². The predicted octanol–water partition coefficient (Wildman–Crippen LogP) is -0.627. The zero-order chi connectivity index (χ0) is 17.1. The molecule has 2 saturated heterocycles. The first-order valence-electron chi connectivity index (χ1n) is 7.77. The topological polar surface area (TPSA) is 108 Å². The zero-order valence-corrected chi connectivity index (χ0v) is 13.0. The van der Waals surface area contributed by atoms with E-state index < -0.39 is 24.8 Å². The Balaban J connectivity index is 1.53. The van der Waals surface area contributed by atoms with Crippen LogP contribution in [0.15, 0.2) is 30.3 Å². The molecule has 24 heavy (non-hydrogen) atoms. The Kier molecular flexibility index (Phi) is 4.66. The van der Waals surface area contributed by atoms with Crippen molar-refractivity contribution in [3.05, 3.63) is 35.9 Å². The zero-order valence-electron chi connectivity index (χ0n) is 13.0. The molecule has 0 bridgehead atoms. The van der Waals surface area contributed by atoms with Crippen molar-refractivity contribution in [2.45, 2.75) is 31.2 Å². The van der Waals surface area contributed by atoms with Gasteiger partial charge in [-0.1, -0.05) is 30.3 Å². The molecule has 8 nitrogen and oxygen atoms in total. The van der Waals surface area contributed by atoms with Gasteiger partial charge in [0.25, 0.3) is 0 Å². The fourth-order valence-corrected chi connectivity index (χ4v) is 3.02. The molecule has 128 valence electrons. The number of alkyl carbamates (subject to hydrolysis) is 1. The highest BCUT2D eigenvalue weighted by Crippen LogP contribution is 2.22. The standard InChI is InChI=1S/C16H19N3O5/c20-8-12-15(22)19-7-11(6-13(19)14(21)18-12)17-16(23)24-9-10-4-2-1-3-5-10/h1-5,11-13,20H,6-9H2,(H,17,23)(H,18,21)/t11-,12+,13-/m0/s1. The van der Waals surface area contributed by atoms with Gasteiger partial charge >= 0.3 is 6.09 Å². The van der Waals surface area contributed by atoms with Crippen molar-refractivity contribution in [3.8, 4) is 0 Å². The molecule has 2 heterocycles. The number of carbonyl (C=O) groups is 3. The Morgan fingerprint density at radius 1 is 1.33 bits per heavy atom. The molecule has 2 aliphatic heterocycles. The highest BCUT2D eigenvalue weighted by molar-refractivity contribution is 5.97. The SMILES string of the molecule is O=C(N[C@H]1C[C@H]2C(=O)N[C@H](CO)C(=O)N2C1)OCc1ccccc1.